The Morgan fingerprint density at radius 3 is 2.55 bits per heavy atom. The molecule has 0 saturated carbocycles. The molecule has 1 aliphatic heterocycles. The number of rotatable bonds is 5. The maximum absolute atomic E-state index is 13.2. The molecule has 0 N–H and O–H groups in total. The van der Waals surface area contributed by atoms with E-state index in [9.17, 15) is 21.2 Å². The molecule has 1 aromatic rings. The largest absolute Gasteiger partial charge is 0.243 e. The number of nitrogens with zero attached hydrogens (tertiary/aromatic N) is 1. The average Bonchev–Trinajstić information content (AvgIpc) is 2.75. The monoisotopic (exact) mass is 349 g/mol. The molecule has 1 aliphatic rings. The molecule has 0 aromatic heterocycles. The van der Waals surface area contributed by atoms with Crippen LogP contribution in [0.25, 0.3) is 0 Å². The minimum atomic E-state index is -3.84. The number of hydrogen-bond donors (Lipinski definition) is 0. The van der Waals surface area contributed by atoms with Gasteiger partial charge >= 0.3 is 0 Å². The van der Waals surface area contributed by atoms with Gasteiger partial charge in [-0.25, -0.2) is 21.2 Å². The topological polar surface area (TPSA) is 71.5 Å². The van der Waals surface area contributed by atoms with Crippen molar-refractivity contribution in [1.29, 1.82) is 0 Å². The van der Waals surface area contributed by atoms with Crippen LogP contribution in [-0.2, 0) is 19.9 Å². The molecular formula is C14H20FNO4S2. The van der Waals surface area contributed by atoms with Crippen LogP contribution in [-0.4, -0.2) is 45.2 Å². The van der Waals surface area contributed by atoms with Crippen LogP contribution in [0.3, 0.4) is 0 Å². The van der Waals surface area contributed by atoms with E-state index in [-0.39, 0.29) is 22.9 Å². The van der Waals surface area contributed by atoms with Crippen molar-refractivity contribution < 1.29 is 21.2 Å². The molecule has 0 spiro atoms. The van der Waals surface area contributed by atoms with Crippen LogP contribution in [0, 0.1) is 12.7 Å². The highest BCUT2D eigenvalue weighted by atomic mass is 32.2. The minimum absolute atomic E-state index is 0.00972. The first-order valence-corrected chi connectivity index (χ1v) is 10.4. The normalized spacial score (nSPS) is 21.4. The highest BCUT2D eigenvalue weighted by Crippen LogP contribution is 2.27. The van der Waals surface area contributed by atoms with E-state index in [0.29, 0.717) is 18.4 Å². The number of benzene rings is 1. The fraction of sp³-hybridized carbons (Fsp3) is 0.571. The SMILES string of the molecule is CCCN(C1CCS(=O)(=O)C1)S(=O)(=O)c1ccc(F)cc1C. The highest BCUT2D eigenvalue weighted by molar-refractivity contribution is 7.92. The van der Waals surface area contributed by atoms with E-state index in [4.69, 9.17) is 0 Å². The summed E-state index contributed by atoms with van der Waals surface area (Å²) in [4.78, 5) is 0.0339. The van der Waals surface area contributed by atoms with Crippen LogP contribution >= 0.6 is 0 Å². The lowest BCUT2D eigenvalue weighted by molar-refractivity contribution is 0.340. The van der Waals surface area contributed by atoms with Crippen molar-refractivity contribution >= 4 is 19.9 Å². The predicted octanol–water partition coefficient (Wildman–Crippen LogP) is 1.72. The summed E-state index contributed by atoms with van der Waals surface area (Å²) in [5.41, 5.74) is 0.321. The van der Waals surface area contributed by atoms with E-state index >= 15 is 0 Å². The smallest absolute Gasteiger partial charge is 0.229 e. The lowest BCUT2D eigenvalue weighted by Crippen LogP contribution is -2.41. The number of hydrogen-bond acceptors (Lipinski definition) is 4. The molecular weight excluding hydrogens is 329 g/mol. The molecule has 2 rings (SSSR count). The first-order chi connectivity index (χ1) is 10.2. The summed E-state index contributed by atoms with van der Waals surface area (Å²) in [5.74, 6) is -0.635. The summed E-state index contributed by atoms with van der Waals surface area (Å²) in [7, 11) is -7.03. The van der Waals surface area contributed by atoms with Gasteiger partial charge in [-0.05, 0) is 43.5 Å². The molecule has 1 unspecified atom stereocenters. The van der Waals surface area contributed by atoms with Crippen molar-refractivity contribution in [3.8, 4) is 0 Å². The maximum atomic E-state index is 13.2. The molecule has 5 nitrogen and oxygen atoms in total. The summed E-state index contributed by atoms with van der Waals surface area (Å²) in [5, 5.41) is 0. The average molecular weight is 349 g/mol. The van der Waals surface area contributed by atoms with Gasteiger partial charge in [0, 0.05) is 12.6 Å². The highest BCUT2D eigenvalue weighted by Gasteiger charge is 2.38. The van der Waals surface area contributed by atoms with Gasteiger partial charge in [-0.3, -0.25) is 0 Å². The van der Waals surface area contributed by atoms with Gasteiger partial charge in [-0.1, -0.05) is 6.92 Å². The lowest BCUT2D eigenvalue weighted by atomic mass is 10.2. The Kier molecular flexibility index (Phi) is 4.93. The van der Waals surface area contributed by atoms with Crippen molar-refractivity contribution in [3.63, 3.8) is 0 Å². The maximum Gasteiger partial charge on any atom is 0.243 e. The van der Waals surface area contributed by atoms with Crippen LogP contribution in [0.15, 0.2) is 23.1 Å². The first kappa shape index (κ1) is 17.4. The predicted molar refractivity (Wildman–Crippen MR) is 82.4 cm³/mol. The Morgan fingerprint density at radius 2 is 2.05 bits per heavy atom. The number of aryl methyl sites for hydroxylation is 1. The van der Waals surface area contributed by atoms with Gasteiger partial charge in [0.05, 0.1) is 16.4 Å². The van der Waals surface area contributed by atoms with Crippen molar-refractivity contribution in [2.75, 3.05) is 18.1 Å². The van der Waals surface area contributed by atoms with Crippen LogP contribution in [0.5, 0.6) is 0 Å². The third-order valence-corrected chi connectivity index (χ3v) is 7.65. The summed E-state index contributed by atoms with van der Waals surface area (Å²) in [6.07, 6.45) is 0.887. The molecule has 0 bridgehead atoms. The number of halogens is 1. The molecule has 0 radical (unpaired) electrons. The van der Waals surface area contributed by atoms with E-state index < -0.39 is 31.7 Å². The first-order valence-electron chi connectivity index (χ1n) is 7.16. The van der Waals surface area contributed by atoms with Crippen LogP contribution in [0.1, 0.15) is 25.3 Å². The van der Waals surface area contributed by atoms with Gasteiger partial charge in [0.25, 0.3) is 0 Å². The second-order valence-corrected chi connectivity index (χ2v) is 9.67. The van der Waals surface area contributed by atoms with Gasteiger partial charge in [-0.15, -0.1) is 0 Å². The van der Waals surface area contributed by atoms with Crippen LogP contribution in [0.4, 0.5) is 4.39 Å². The van der Waals surface area contributed by atoms with Gasteiger partial charge in [0.2, 0.25) is 10.0 Å². The van der Waals surface area contributed by atoms with E-state index in [1.165, 1.54) is 23.4 Å². The van der Waals surface area contributed by atoms with Crippen molar-refractivity contribution in [2.45, 2.75) is 37.6 Å². The molecule has 8 heteroatoms. The standard InChI is InChI=1S/C14H20FNO4S2/c1-3-7-16(13-6-8-21(17,18)10-13)22(19,20)14-5-4-12(15)9-11(14)2/h4-5,9,13H,3,6-8,10H2,1-2H3. The van der Waals surface area contributed by atoms with Crippen LogP contribution in [0.2, 0.25) is 0 Å². The van der Waals surface area contributed by atoms with Gasteiger partial charge < -0.3 is 0 Å². The molecule has 22 heavy (non-hydrogen) atoms. The Morgan fingerprint density at radius 1 is 1.36 bits per heavy atom. The quantitative estimate of drug-likeness (QED) is 0.811. The van der Waals surface area contributed by atoms with E-state index in [1.807, 2.05) is 6.92 Å². The minimum Gasteiger partial charge on any atom is -0.229 e. The number of sulfone groups is 1. The second-order valence-electron chi connectivity index (χ2n) is 5.58. The lowest BCUT2D eigenvalue weighted by Gasteiger charge is -2.27. The molecule has 0 amide bonds. The van der Waals surface area contributed by atoms with E-state index in [1.54, 1.807) is 0 Å². The summed E-state index contributed by atoms with van der Waals surface area (Å²) < 4.78 is 63.5. The van der Waals surface area contributed by atoms with E-state index in [0.717, 1.165) is 6.07 Å². The zero-order valence-electron chi connectivity index (χ0n) is 12.6. The molecule has 1 heterocycles. The summed E-state index contributed by atoms with van der Waals surface area (Å²) >= 11 is 0. The van der Waals surface area contributed by atoms with Crippen LogP contribution < -0.4 is 0 Å². The van der Waals surface area contributed by atoms with Gasteiger partial charge in [0.15, 0.2) is 9.84 Å². The molecule has 1 saturated heterocycles. The Bertz CT molecular complexity index is 759. The Balaban J connectivity index is 2.42. The fourth-order valence-electron chi connectivity index (χ4n) is 2.75. The molecule has 0 aliphatic carbocycles. The third-order valence-electron chi connectivity index (χ3n) is 3.78. The molecule has 1 atom stereocenters. The second kappa shape index (κ2) is 6.25. The molecule has 1 fully saturated rings. The fourth-order valence-corrected chi connectivity index (χ4v) is 6.53. The molecule has 1 aromatic carbocycles. The zero-order valence-corrected chi connectivity index (χ0v) is 14.3. The van der Waals surface area contributed by atoms with Crippen molar-refractivity contribution in [3.05, 3.63) is 29.6 Å². The van der Waals surface area contributed by atoms with Crippen molar-refractivity contribution in [1.82, 2.24) is 4.31 Å². The zero-order chi connectivity index (χ0) is 16.5. The number of sulfonamides is 1. The Hall–Kier alpha value is -0.990. The van der Waals surface area contributed by atoms with Crippen molar-refractivity contribution in [2.24, 2.45) is 0 Å². The third kappa shape index (κ3) is 3.49. The Labute approximate surface area is 131 Å². The van der Waals surface area contributed by atoms with Gasteiger partial charge in [-0.2, -0.15) is 4.31 Å². The summed E-state index contributed by atoms with van der Waals surface area (Å²) in [6.45, 7) is 3.62. The van der Waals surface area contributed by atoms with Gasteiger partial charge in [0.1, 0.15) is 5.82 Å². The summed E-state index contributed by atoms with van der Waals surface area (Å²) in [6, 6.07) is 2.98. The molecule has 124 valence electrons. The van der Waals surface area contributed by atoms with E-state index in [2.05, 4.69) is 0 Å².